The summed E-state index contributed by atoms with van der Waals surface area (Å²) < 4.78 is 4.94. The van der Waals surface area contributed by atoms with E-state index in [9.17, 15) is 9.90 Å². The minimum absolute atomic E-state index is 0.0559. The summed E-state index contributed by atoms with van der Waals surface area (Å²) in [7, 11) is 1.45. The van der Waals surface area contributed by atoms with Crippen LogP contribution in [0.4, 0.5) is 0 Å². The number of hydrogen-bond acceptors (Lipinski definition) is 3. The van der Waals surface area contributed by atoms with Crippen LogP contribution in [0.2, 0.25) is 0 Å². The highest BCUT2D eigenvalue weighted by atomic mass is 16.5. The number of aliphatic hydroxyl groups is 1. The molecule has 0 bridgehead atoms. The van der Waals surface area contributed by atoms with Crippen LogP contribution in [0.15, 0.2) is 11.6 Å². The van der Waals surface area contributed by atoms with Crippen molar-refractivity contribution in [3.8, 4) is 0 Å². The van der Waals surface area contributed by atoms with E-state index >= 15 is 0 Å². The molecular formula is C16H24O3. The summed E-state index contributed by atoms with van der Waals surface area (Å²) in [6, 6.07) is 0. The SMILES string of the molecule is COC(=O)C1=CC2C(O)C(C)(C)CC23C(C)CCC13. The number of carbonyl (C=O) groups excluding carboxylic acids is 1. The van der Waals surface area contributed by atoms with Crippen molar-refractivity contribution >= 4 is 5.97 Å². The lowest BCUT2D eigenvalue weighted by Gasteiger charge is -2.36. The normalized spacial score (nSPS) is 46.7. The minimum Gasteiger partial charge on any atom is -0.466 e. The number of hydrogen-bond donors (Lipinski definition) is 1. The van der Waals surface area contributed by atoms with Crippen LogP contribution < -0.4 is 0 Å². The molecular weight excluding hydrogens is 240 g/mol. The van der Waals surface area contributed by atoms with Gasteiger partial charge in [-0.15, -0.1) is 0 Å². The molecule has 3 aliphatic carbocycles. The molecule has 5 unspecified atom stereocenters. The average molecular weight is 264 g/mol. The maximum atomic E-state index is 12.0. The second-order valence-corrected chi connectivity index (χ2v) is 7.39. The lowest BCUT2D eigenvalue weighted by atomic mass is 9.67. The second-order valence-electron chi connectivity index (χ2n) is 7.39. The van der Waals surface area contributed by atoms with E-state index in [4.69, 9.17) is 4.74 Å². The van der Waals surface area contributed by atoms with E-state index in [-0.39, 0.29) is 34.7 Å². The van der Waals surface area contributed by atoms with Crippen LogP contribution in [0.3, 0.4) is 0 Å². The fourth-order valence-electron chi connectivity index (χ4n) is 5.28. The molecule has 0 amide bonds. The van der Waals surface area contributed by atoms with Gasteiger partial charge in [0.15, 0.2) is 0 Å². The molecule has 0 aromatic heterocycles. The maximum Gasteiger partial charge on any atom is 0.333 e. The summed E-state index contributed by atoms with van der Waals surface area (Å²) in [4.78, 5) is 12.0. The van der Waals surface area contributed by atoms with Crippen molar-refractivity contribution in [2.75, 3.05) is 7.11 Å². The molecule has 0 aromatic rings. The largest absolute Gasteiger partial charge is 0.466 e. The summed E-state index contributed by atoms with van der Waals surface area (Å²) in [5.74, 6) is 0.783. The van der Waals surface area contributed by atoms with E-state index < -0.39 is 0 Å². The van der Waals surface area contributed by atoms with Crippen molar-refractivity contribution in [1.29, 1.82) is 0 Å². The van der Waals surface area contributed by atoms with Crippen LogP contribution in [0.25, 0.3) is 0 Å². The van der Waals surface area contributed by atoms with Crippen molar-refractivity contribution in [3.63, 3.8) is 0 Å². The first-order chi connectivity index (χ1) is 8.84. The van der Waals surface area contributed by atoms with Gasteiger partial charge in [0, 0.05) is 11.5 Å². The molecule has 3 nitrogen and oxygen atoms in total. The molecule has 1 N–H and O–H groups in total. The first-order valence-corrected chi connectivity index (χ1v) is 7.32. The first kappa shape index (κ1) is 13.2. The maximum absolute atomic E-state index is 12.0. The summed E-state index contributed by atoms with van der Waals surface area (Å²) in [5, 5.41) is 10.7. The van der Waals surface area contributed by atoms with E-state index in [0.717, 1.165) is 24.8 Å². The Bertz CT molecular complexity index is 451. The number of esters is 1. The summed E-state index contributed by atoms with van der Waals surface area (Å²) in [6.45, 7) is 6.59. The van der Waals surface area contributed by atoms with Gasteiger partial charge in [0.05, 0.1) is 13.2 Å². The van der Waals surface area contributed by atoms with E-state index in [1.165, 1.54) is 7.11 Å². The summed E-state index contributed by atoms with van der Waals surface area (Å²) in [5.41, 5.74) is 0.859. The van der Waals surface area contributed by atoms with E-state index in [1.54, 1.807) is 0 Å². The highest BCUT2D eigenvalue weighted by Crippen LogP contribution is 2.70. The average Bonchev–Trinajstić information content (AvgIpc) is 2.89. The smallest absolute Gasteiger partial charge is 0.333 e. The monoisotopic (exact) mass is 264 g/mol. The molecule has 0 heterocycles. The molecule has 19 heavy (non-hydrogen) atoms. The Hall–Kier alpha value is -0.830. The van der Waals surface area contributed by atoms with Gasteiger partial charge in [-0.05, 0) is 41.9 Å². The van der Waals surface area contributed by atoms with Gasteiger partial charge in [0.1, 0.15) is 0 Å². The summed E-state index contributed by atoms with van der Waals surface area (Å²) in [6.07, 6.45) is 4.90. The fourth-order valence-corrected chi connectivity index (χ4v) is 5.28. The highest BCUT2D eigenvalue weighted by Gasteiger charge is 2.67. The Balaban J connectivity index is 2.07. The first-order valence-electron chi connectivity index (χ1n) is 7.32. The van der Waals surface area contributed by atoms with Crippen LogP contribution in [0.1, 0.15) is 40.0 Å². The van der Waals surface area contributed by atoms with Gasteiger partial charge in [0.25, 0.3) is 0 Å². The Morgan fingerprint density at radius 2 is 2.11 bits per heavy atom. The molecule has 2 saturated carbocycles. The molecule has 1 spiro atoms. The van der Waals surface area contributed by atoms with Gasteiger partial charge in [-0.25, -0.2) is 4.79 Å². The van der Waals surface area contributed by atoms with Crippen molar-refractivity contribution in [2.24, 2.45) is 28.6 Å². The predicted molar refractivity (Wildman–Crippen MR) is 72.3 cm³/mol. The lowest BCUT2D eigenvalue weighted by Crippen LogP contribution is -2.33. The van der Waals surface area contributed by atoms with Crippen LogP contribution in [0.5, 0.6) is 0 Å². The molecule has 2 fully saturated rings. The van der Waals surface area contributed by atoms with Gasteiger partial charge >= 0.3 is 5.97 Å². The number of carbonyl (C=O) groups is 1. The van der Waals surface area contributed by atoms with Gasteiger partial charge in [-0.3, -0.25) is 0 Å². The Labute approximate surface area is 115 Å². The van der Waals surface area contributed by atoms with Crippen LogP contribution in [0, 0.1) is 28.6 Å². The van der Waals surface area contributed by atoms with E-state index in [1.807, 2.05) is 6.08 Å². The third kappa shape index (κ3) is 1.45. The van der Waals surface area contributed by atoms with Crippen LogP contribution in [-0.2, 0) is 9.53 Å². The molecule has 5 atom stereocenters. The quantitative estimate of drug-likeness (QED) is 0.740. The third-order valence-corrected chi connectivity index (χ3v) is 6.13. The summed E-state index contributed by atoms with van der Waals surface area (Å²) >= 11 is 0. The van der Waals surface area contributed by atoms with Crippen molar-refractivity contribution in [3.05, 3.63) is 11.6 Å². The Kier molecular flexibility index (Phi) is 2.66. The van der Waals surface area contributed by atoms with Gasteiger partial charge < -0.3 is 9.84 Å². The number of rotatable bonds is 1. The molecule has 0 aromatic carbocycles. The highest BCUT2D eigenvalue weighted by molar-refractivity contribution is 5.90. The Morgan fingerprint density at radius 1 is 1.42 bits per heavy atom. The number of methoxy groups -OCH3 is 1. The van der Waals surface area contributed by atoms with E-state index in [2.05, 4.69) is 20.8 Å². The topological polar surface area (TPSA) is 46.5 Å². The molecule has 0 aliphatic heterocycles. The van der Waals surface area contributed by atoms with Gasteiger partial charge in [-0.1, -0.05) is 26.8 Å². The Morgan fingerprint density at radius 3 is 2.74 bits per heavy atom. The molecule has 0 saturated heterocycles. The standard InChI is InChI=1S/C16H24O3/c1-9-5-6-11-10(14(18)19-4)7-12-13(17)15(2,3)8-16(9,11)12/h7,9,11-13,17H,5-6,8H2,1-4H3. The van der Waals surface area contributed by atoms with Gasteiger partial charge in [-0.2, -0.15) is 0 Å². The molecule has 3 aliphatic rings. The molecule has 3 rings (SSSR count). The van der Waals surface area contributed by atoms with E-state index in [0.29, 0.717) is 5.92 Å². The van der Waals surface area contributed by atoms with Crippen molar-refractivity contribution < 1.29 is 14.6 Å². The molecule has 106 valence electrons. The predicted octanol–water partition coefficient (Wildman–Crippen LogP) is 2.54. The zero-order chi connectivity index (χ0) is 14.0. The van der Waals surface area contributed by atoms with Crippen molar-refractivity contribution in [2.45, 2.75) is 46.1 Å². The molecule has 3 heteroatoms. The van der Waals surface area contributed by atoms with Crippen LogP contribution >= 0.6 is 0 Å². The van der Waals surface area contributed by atoms with Crippen molar-refractivity contribution in [1.82, 2.24) is 0 Å². The van der Waals surface area contributed by atoms with Gasteiger partial charge in [0.2, 0.25) is 0 Å². The third-order valence-electron chi connectivity index (χ3n) is 6.13. The number of aliphatic hydroxyl groups excluding tert-OH is 1. The number of ether oxygens (including phenoxy) is 1. The zero-order valence-corrected chi connectivity index (χ0v) is 12.3. The molecule has 0 radical (unpaired) electrons. The van der Waals surface area contributed by atoms with Crippen LogP contribution in [-0.4, -0.2) is 24.3 Å². The lowest BCUT2D eigenvalue weighted by molar-refractivity contribution is -0.137. The zero-order valence-electron chi connectivity index (χ0n) is 12.3. The fraction of sp³-hybridized carbons (Fsp3) is 0.812. The minimum atomic E-state index is -0.349. The second kappa shape index (κ2) is 3.85.